The van der Waals surface area contributed by atoms with Crippen molar-refractivity contribution in [1.29, 1.82) is 0 Å². The normalized spacial score (nSPS) is 16.9. The first-order chi connectivity index (χ1) is 9.24. The molecular weight excluding hydrogens is 299 g/mol. The van der Waals surface area contributed by atoms with Crippen molar-refractivity contribution in [2.75, 3.05) is 13.2 Å². The zero-order valence-electron chi connectivity index (χ0n) is 10.4. The van der Waals surface area contributed by atoms with Gasteiger partial charge in [0.05, 0.1) is 19.3 Å². The van der Waals surface area contributed by atoms with Gasteiger partial charge in [-0.3, -0.25) is 4.68 Å². The summed E-state index contributed by atoms with van der Waals surface area (Å²) in [4.78, 5) is -0.290. The molecule has 0 saturated heterocycles. The molecule has 20 heavy (non-hydrogen) atoms. The number of sulfonamides is 1. The summed E-state index contributed by atoms with van der Waals surface area (Å²) in [6.07, 6.45) is -1.61. The lowest BCUT2D eigenvalue weighted by Crippen LogP contribution is -2.40. The first kappa shape index (κ1) is 15.3. The maximum atomic E-state index is 12.5. The molecule has 10 heteroatoms. The van der Waals surface area contributed by atoms with Gasteiger partial charge in [-0.25, -0.2) is 8.42 Å². The van der Waals surface area contributed by atoms with Gasteiger partial charge in [0.1, 0.15) is 11.4 Å². The molecular formula is C10H14F3N3O3S. The van der Waals surface area contributed by atoms with Crippen LogP contribution in [0.1, 0.15) is 12.8 Å². The number of aliphatic hydroxyl groups is 1. The number of hydrogen-bond acceptors (Lipinski definition) is 4. The molecule has 0 aliphatic heterocycles. The van der Waals surface area contributed by atoms with E-state index in [9.17, 15) is 21.6 Å². The average molecular weight is 313 g/mol. The fourth-order valence-corrected chi connectivity index (χ4v) is 3.41. The van der Waals surface area contributed by atoms with Crippen molar-refractivity contribution in [2.45, 2.75) is 36.5 Å². The summed E-state index contributed by atoms with van der Waals surface area (Å²) in [6, 6.07) is -0.595. The molecule has 1 aliphatic carbocycles. The van der Waals surface area contributed by atoms with Gasteiger partial charge in [-0.15, -0.1) is 0 Å². The zero-order valence-corrected chi connectivity index (χ0v) is 11.2. The third-order valence-electron chi connectivity index (χ3n) is 2.83. The highest BCUT2D eigenvalue weighted by Gasteiger charge is 2.45. The van der Waals surface area contributed by atoms with Gasteiger partial charge in [-0.05, 0) is 12.8 Å². The van der Waals surface area contributed by atoms with Crippen molar-refractivity contribution < 1.29 is 26.7 Å². The van der Waals surface area contributed by atoms with Crippen LogP contribution in [0.4, 0.5) is 13.2 Å². The van der Waals surface area contributed by atoms with Gasteiger partial charge in [0, 0.05) is 12.2 Å². The molecule has 0 bridgehead atoms. The second kappa shape index (κ2) is 5.34. The molecule has 1 fully saturated rings. The van der Waals surface area contributed by atoms with Crippen molar-refractivity contribution in [1.82, 2.24) is 14.1 Å². The zero-order chi connectivity index (χ0) is 15.0. The van der Waals surface area contributed by atoms with Crippen LogP contribution in [0.15, 0.2) is 17.3 Å². The van der Waals surface area contributed by atoms with Crippen LogP contribution < -0.4 is 0 Å². The molecule has 114 valence electrons. The maximum Gasteiger partial charge on any atom is 0.402 e. The number of hydrogen-bond donors (Lipinski definition) is 1. The standard InChI is InChI=1S/C10H14F3N3O3S/c11-10(12,13)7-16(8-1-2-8)20(18,19)9-5-14-15(6-9)3-4-17/h5-6,8,17H,1-4,7H2. The first-order valence-electron chi connectivity index (χ1n) is 5.96. The van der Waals surface area contributed by atoms with E-state index in [1.165, 1.54) is 4.68 Å². The Balaban J connectivity index is 2.25. The minimum atomic E-state index is -4.59. The van der Waals surface area contributed by atoms with Crippen LogP contribution in [-0.2, 0) is 16.6 Å². The van der Waals surface area contributed by atoms with Gasteiger partial charge in [0.2, 0.25) is 10.0 Å². The van der Waals surface area contributed by atoms with E-state index >= 15 is 0 Å². The van der Waals surface area contributed by atoms with Crippen LogP contribution in [0.2, 0.25) is 0 Å². The van der Waals surface area contributed by atoms with Crippen molar-refractivity contribution in [3.8, 4) is 0 Å². The minimum Gasteiger partial charge on any atom is -0.394 e. The maximum absolute atomic E-state index is 12.5. The third-order valence-corrected chi connectivity index (χ3v) is 4.69. The molecule has 1 aromatic rings. The summed E-state index contributed by atoms with van der Waals surface area (Å²) in [5.41, 5.74) is 0. The van der Waals surface area contributed by atoms with E-state index in [1.54, 1.807) is 0 Å². The number of halogens is 3. The quantitative estimate of drug-likeness (QED) is 0.834. The van der Waals surface area contributed by atoms with E-state index in [-0.39, 0.29) is 18.0 Å². The van der Waals surface area contributed by atoms with Gasteiger partial charge < -0.3 is 5.11 Å². The van der Waals surface area contributed by atoms with Gasteiger partial charge in [-0.2, -0.15) is 22.6 Å². The summed E-state index contributed by atoms with van der Waals surface area (Å²) < 4.78 is 63.6. The predicted octanol–water partition coefficient (Wildman–Crippen LogP) is 0.591. The highest BCUT2D eigenvalue weighted by Crippen LogP contribution is 2.34. The third kappa shape index (κ3) is 3.49. The predicted molar refractivity (Wildman–Crippen MR) is 62.3 cm³/mol. The number of aliphatic hydroxyl groups excluding tert-OH is 1. The molecule has 0 aromatic carbocycles. The fourth-order valence-electron chi connectivity index (χ4n) is 1.79. The highest BCUT2D eigenvalue weighted by molar-refractivity contribution is 7.89. The Bertz CT molecular complexity index is 566. The van der Waals surface area contributed by atoms with Crippen LogP contribution in [-0.4, -0.2) is 53.0 Å². The van der Waals surface area contributed by atoms with Crippen LogP contribution in [0.5, 0.6) is 0 Å². The summed E-state index contributed by atoms with van der Waals surface area (Å²) in [5, 5.41) is 12.4. The van der Waals surface area contributed by atoms with Crippen molar-refractivity contribution in [2.24, 2.45) is 0 Å². The molecule has 2 rings (SSSR count). The van der Waals surface area contributed by atoms with Crippen molar-refractivity contribution in [3.05, 3.63) is 12.4 Å². The smallest absolute Gasteiger partial charge is 0.394 e. The van der Waals surface area contributed by atoms with Crippen LogP contribution in [0, 0.1) is 0 Å². The van der Waals surface area contributed by atoms with Gasteiger partial charge in [0.25, 0.3) is 0 Å². The lowest BCUT2D eigenvalue weighted by atomic mass is 10.6. The Morgan fingerprint density at radius 1 is 1.45 bits per heavy atom. The Morgan fingerprint density at radius 2 is 2.10 bits per heavy atom. The Labute approximate surface area is 113 Å². The molecule has 0 amide bonds. The molecule has 1 N–H and O–H groups in total. The van der Waals surface area contributed by atoms with E-state index in [1.807, 2.05) is 0 Å². The van der Waals surface area contributed by atoms with E-state index in [0.717, 1.165) is 12.4 Å². The number of alkyl halides is 3. The lowest BCUT2D eigenvalue weighted by molar-refractivity contribution is -0.137. The Hall–Kier alpha value is -1.13. The average Bonchev–Trinajstić information content (AvgIpc) is 3.04. The van der Waals surface area contributed by atoms with E-state index < -0.39 is 28.8 Å². The largest absolute Gasteiger partial charge is 0.402 e. The van der Waals surface area contributed by atoms with Crippen molar-refractivity contribution in [3.63, 3.8) is 0 Å². The van der Waals surface area contributed by atoms with E-state index in [0.29, 0.717) is 17.1 Å². The van der Waals surface area contributed by atoms with Crippen LogP contribution >= 0.6 is 0 Å². The Kier molecular flexibility index (Phi) is 4.07. The lowest BCUT2D eigenvalue weighted by Gasteiger charge is -2.22. The number of nitrogens with zero attached hydrogens (tertiary/aromatic N) is 3. The second-order valence-corrected chi connectivity index (χ2v) is 6.45. The first-order valence-corrected chi connectivity index (χ1v) is 7.40. The summed E-state index contributed by atoms with van der Waals surface area (Å²) >= 11 is 0. The molecule has 0 radical (unpaired) electrons. The summed E-state index contributed by atoms with van der Waals surface area (Å²) in [6.45, 7) is -1.65. The molecule has 6 nitrogen and oxygen atoms in total. The Morgan fingerprint density at radius 3 is 2.60 bits per heavy atom. The van der Waals surface area contributed by atoms with Crippen LogP contribution in [0.3, 0.4) is 0 Å². The monoisotopic (exact) mass is 313 g/mol. The summed E-state index contributed by atoms with van der Waals surface area (Å²) in [5.74, 6) is 0. The molecule has 0 unspecified atom stereocenters. The van der Waals surface area contributed by atoms with E-state index in [4.69, 9.17) is 5.11 Å². The molecule has 1 heterocycles. The fraction of sp³-hybridized carbons (Fsp3) is 0.700. The SMILES string of the molecule is O=S(=O)(c1cnn(CCO)c1)N(CC(F)(F)F)C1CC1. The second-order valence-electron chi connectivity index (χ2n) is 4.56. The summed E-state index contributed by atoms with van der Waals surface area (Å²) in [7, 11) is -4.22. The molecule has 1 aliphatic rings. The van der Waals surface area contributed by atoms with Gasteiger partial charge in [-0.1, -0.05) is 0 Å². The number of aromatic nitrogens is 2. The van der Waals surface area contributed by atoms with Crippen LogP contribution in [0.25, 0.3) is 0 Å². The topological polar surface area (TPSA) is 75.4 Å². The van der Waals surface area contributed by atoms with Gasteiger partial charge in [0.15, 0.2) is 0 Å². The van der Waals surface area contributed by atoms with Gasteiger partial charge >= 0.3 is 6.18 Å². The highest BCUT2D eigenvalue weighted by atomic mass is 32.2. The van der Waals surface area contributed by atoms with E-state index in [2.05, 4.69) is 5.10 Å². The molecule has 0 spiro atoms. The molecule has 1 saturated carbocycles. The number of rotatable bonds is 6. The molecule has 0 atom stereocenters. The minimum absolute atomic E-state index is 0.0816. The molecule has 1 aromatic heterocycles. The van der Waals surface area contributed by atoms with Crippen molar-refractivity contribution >= 4 is 10.0 Å².